The van der Waals surface area contributed by atoms with Crippen molar-refractivity contribution in [1.29, 1.82) is 5.26 Å². The van der Waals surface area contributed by atoms with Crippen LogP contribution in [0.25, 0.3) is 11.3 Å². The Morgan fingerprint density at radius 3 is 2.05 bits per heavy atom. The zero-order valence-corrected chi connectivity index (χ0v) is 12.1. The van der Waals surface area contributed by atoms with Gasteiger partial charge in [-0.3, -0.25) is 0 Å². The van der Waals surface area contributed by atoms with Gasteiger partial charge < -0.3 is 11.5 Å². The van der Waals surface area contributed by atoms with Gasteiger partial charge in [-0.2, -0.15) is 10.2 Å². The molecule has 0 radical (unpaired) electrons. The van der Waals surface area contributed by atoms with E-state index in [9.17, 15) is 5.26 Å². The second-order valence-electron chi connectivity index (χ2n) is 4.94. The molecule has 0 aliphatic heterocycles. The molecule has 0 aliphatic carbocycles. The van der Waals surface area contributed by atoms with Gasteiger partial charge in [-0.25, -0.2) is 4.98 Å². The van der Waals surface area contributed by atoms with E-state index in [1.807, 2.05) is 27.7 Å². The Hall–Kier alpha value is -2.61. The monoisotopic (exact) mass is 267 g/mol. The molecule has 0 atom stereocenters. The number of nitrogens with zero attached hydrogens (tertiary/aromatic N) is 3. The number of nitrogen functional groups attached to an aromatic ring is 2. The molecule has 0 unspecified atom stereocenters. The summed E-state index contributed by atoms with van der Waals surface area (Å²) >= 11 is 0. The Morgan fingerprint density at radius 2 is 1.55 bits per heavy atom. The first-order chi connectivity index (χ1) is 9.36. The fraction of sp³-hybridized carbons (Fsp3) is 0.267. The number of aryl methyl sites for hydroxylation is 2. The molecule has 1 heterocycles. The average Bonchev–Trinajstić information content (AvgIpc) is 2.36. The van der Waals surface area contributed by atoms with Crippen molar-refractivity contribution < 1.29 is 0 Å². The van der Waals surface area contributed by atoms with Gasteiger partial charge in [0.1, 0.15) is 17.5 Å². The maximum absolute atomic E-state index is 9.32. The van der Waals surface area contributed by atoms with Crippen LogP contribution in [-0.2, 0) is 0 Å². The van der Waals surface area contributed by atoms with Gasteiger partial charge in [0.25, 0.3) is 0 Å². The topological polar surface area (TPSA) is 102 Å². The van der Waals surface area contributed by atoms with Gasteiger partial charge in [-0.15, -0.1) is 0 Å². The molecular weight excluding hydrogens is 250 g/mol. The maximum atomic E-state index is 9.32. The minimum absolute atomic E-state index is 0.0782. The molecule has 0 fully saturated rings. The van der Waals surface area contributed by atoms with Crippen molar-refractivity contribution in [3.8, 4) is 17.3 Å². The van der Waals surface area contributed by atoms with Gasteiger partial charge in [0.05, 0.1) is 5.69 Å². The van der Waals surface area contributed by atoms with Crippen LogP contribution in [0, 0.1) is 39.0 Å². The first-order valence-electron chi connectivity index (χ1n) is 6.27. The van der Waals surface area contributed by atoms with E-state index < -0.39 is 0 Å². The van der Waals surface area contributed by atoms with E-state index in [1.54, 1.807) is 0 Å². The molecular formula is C15H17N5. The van der Waals surface area contributed by atoms with E-state index in [-0.39, 0.29) is 17.3 Å². The third-order valence-corrected chi connectivity index (χ3v) is 3.67. The van der Waals surface area contributed by atoms with Crippen LogP contribution in [0.2, 0.25) is 0 Å². The number of nitrogens with two attached hydrogens (primary N) is 2. The minimum Gasteiger partial charge on any atom is -0.382 e. The highest BCUT2D eigenvalue weighted by Crippen LogP contribution is 2.33. The lowest BCUT2D eigenvalue weighted by Crippen LogP contribution is -2.07. The molecule has 5 heteroatoms. The summed E-state index contributed by atoms with van der Waals surface area (Å²) in [5, 5.41) is 9.32. The molecule has 0 amide bonds. The summed E-state index contributed by atoms with van der Waals surface area (Å²) in [6.45, 7) is 8.08. The van der Waals surface area contributed by atoms with Crippen molar-refractivity contribution in [2.24, 2.45) is 0 Å². The molecule has 102 valence electrons. The van der Waals surface area contributed by atoms with Crippen molar-refractivity contribution >= 4 is 11.8 Å². The van der Waals surface area contributed by atoms with Crippen LogP contribution in [0.1, 0.15) is 27.8 Å². The van der Waals surface area contributed by atoms with Gasteiger partial charge in [0, 0.05) is 5.56 Å². The summed E-state index contributed by atoms with van der Waals surface area (Å²) in [5.41, 5.74) is 17.6. The minimum atomic E-state index is 0.0782. The van der Waals surface area contributed by atoms with Crippen LogP contribution in [0.4, 0.5) is 11.8 Å². The Balaban J connectivity index is 2.93. The summed E-state index contributed by atoms with van der Waals surface area (Å²) in [5.74, 6) is 0.197. The highest BCUT2D eigenvalue weighted by atomic mass is 15.0. The van der Waals surface area contributed by atoms with Gasteiger partial charge >= 0.3 is 0 Å². The third-order valence-electron chi connectivity index (χ3n) is 3.67. The second kappa shape index (κ2) is 4.82. The van der Waals surface area contributed by atoms with Crippen LogP contribution < -0.4 is 11.5 Å². The number of benzene rings is 1. The van der Waals surface area contributed by atoms with Gasteiger partial charge in [-0.05, 0) is 49.9 Å². The predicted octanol–water partition coefficient (Wildman–Crippen LogP) is 2.41. The van der Waals surface area contributed by atoms with Gasteiger partial charge in [0.15, 0.2) is 0 Å². The molecule has 0 saturated carbocycles. The van der Waals surface area contributed by atoms with Crippen molar-refractivity contribution in [2.75, 3.05) is 11.5 Å². The van der Waals surface area contributed by atoms with E-state index >= 15 is 0 Å². The van der Waals surface area contributed by atoms with Crippen LogP contribution >= 0.6 is 0 Å². The number of hydrogen-bond acceptors (Lipinski definition) is 5. The second-order valence-corrected chi connectivity index (χ2v) is 4.94. The zero-order chi connectivity index (χ0) is 15.0. The Morgan fingerprint density at radius 1 is 1.00 bits per heavy atom. The van der Waals surface area contributed by atoms with Crippen LogP contribution in [-0.4, -0.2) is 9.97 Å². The van der Waals surface area contributed by atoms with E-state index in [0.717, 1.165) is 27.8 Å². The smallest absolute Gasteiger partial charge is 0.222 e. The molecule has 2 rings (SSSR count). The van der Waals surface area contributed by atoms with Crippen molar-refractivity contribution in [1.82, 2.24) is 9.97 Å². The molecule has 20 heavy (non-hydrogen) atoms. The Bertz CT molecular complexity index is 715. The third kappa shape index (κ3) is 2.05. The number of rotatable bonds is 1. The van der Waals surface area contributed by atoms with Crippen molar-refractivity contribution in [3.63, 3.8) is 0 Å². The van der Waals surface area contributed by atoms with E-state index in [4.69, 9.17) is 11.5 Å². The van der Waals surface area contributed by atoms with Crippen molar-refractivity contribution in [2.45, 2.75) is 27.7 Å². The van der Waals surface area contributed by atoms with Gasteiger partial charge in [0.2, 0.25) is 5.95 Å². The van der Waals surface area contributed by atoms with E-state index in [2.05, 4.69) is 22.1 Å². The lowest BCUT2D eigenvalue weighted by atomic mass is 9.90. The number of hydrogen-bond donors (Lipinski definition) is 2. The molecule has 0 aliphatic rings. The van der Waals surface area contributed by atoms with E-state index in [1.165, 1.54) is 0 Å². The Kier molecular flexibility index (Phi) is 3.33. The quantitative estimate of drug-likeness (QED) is 0.826. The summed E-state index contributed by atoms with van der Waals surface area (Å²) in [7, 11) is 0. The molecule has 0 spiro atoms. The van der Waals surface area contributed by atoms with Crippen molar-refractivity contribution in [3.05, 3.63) is 33.9 Å². The molecule has 5 nitrogen and oxygen atoms in total. The first kappa shape index (κ1) is 13.8. The number of aromatic nitrogens is 2. The first-order valence-corrected chi connectivity index (χ1v) is 6.27. The maximum Gasteiger partial charge on any atom is 0.222 e. The highest BCUT2D eigenvalue weighted by molar-refractivity contribution is 5.78. The average molecular weight is 267 g/mol. The molecule has 4 N–H and O–H groups in total. The lowest BCUT2D eigenvalue weighted by molar-refractivity contribution is 1.16. The summed E-state index contributed by atoms with van der Waals surface area (Å²) in [4.78, 5) is 8.10. The number of nitriles is 1. The lowest BCUT2D eigenvalue weighted by Gasteiger charge is -2.16. The summed E-state index contributed by atoms with van der Waals surface area (Å²) < 4.78 is 0. The molecule has 0 bridgehead atoms. The van der Waals surface area contributed by atoms with Gasteiger partial charge in [-0.1, -0.05) is 6.07 Å². The fourth-order valence-electron chi connectivity index (χ4n) is 2.36. The zero-order valence-electron chi connectivity index (χ0n) is 12.1. The SMILES string of the molecule is Cc1cc(C)c(C)c(-c2nc(N)nc(N)c2C#N)c1C. The summed E-state index contributed by atoms with van der Waals surface area (Å²) in [6.07, 6.45) is 0. The molecule has 0 saturated heterocycles. The molecule has 1 aromatic heterocycles. The standard InChI is InChI=1S/C15H17N5/c1-7-5-8(2)10(4)12(9(7)3)13-11(6-16)14(17)20-15(18)19-13/h5H,1-4H3,(H4,17,18,19,20). The van der Waals surface area contributed by atoms with Crippen LogP contribution in [0.5, 0.6) is 0 Å². The number of anilines is 2. The van der Waals surface area contributed by atoms with Crippen LogP contribution in [0.15, 0.2) is 6.07 Å². The van der Waals surface area contributed by atoms with E-state index in [0.29, 0.717) is 5.69 Å². The fourth-order valence-corrected chi connectivity index (χ4v) is 2.36. The largest absolute Gasteiger partial charge is 0.382 e. The highest BCUT2D eigenvalue weighted by Gasteiger charge is 2.18. The summed E-state index contributed by atoms with van der Waals surface area (Å²) in [6, 6.07) is 4.20. The molecule has 1 aromatic carbocycles. The van der Waals surface area contributed by atoms with Crippen LogP contribution in [0.3, 0.4) is 0 Å². The Labute approximate surface area is 118 Å². The predicted molar refractivity (Wildman–Crippen MR) is 80.0 cm³/mol. The normalized spacial score (nSPS) is 10.3. The molecule has 2 aromatic rings.